The second-order valence-corrected chi connectivity index (χ2v) is 4.14. The van der Waals surface area contributed by atoms with Crippen LogP contribution in [0.4, 0.5) is 0 Å². The Hall–Kier alpha value is -1.08. The second-order valence-electron chi connectivity index (χ2n) is 4.14. The van der Waals surface area contributed by atoms with Crippen molar-refractivity contribution in [1.82, 2.24) is 4.90 Å². The highest BCUT2D eigenvalue weighted by atomic mass is 16.1. The molecule has 0 radical (unpaired) electrons. The van der Waals surface area contributed by atoms with E-state index in [-0.39, 0.29) is 5.91 Å². The summed E-state index contributed by atoms with van der Waals surface area (Å²) >= 11 is 0. The van der Waals surface area contributed by atoms with Crippen molar-refractivity contribution >= 4 is 5.91 Å². The summed E-state index contributed by atoms with van der Waals surface area (Å²) in [5, 5.41) is 8.47. The van der Waals surface area contributed by atoms with E-state index in [1.54, 1.807) is 0 Å². The Morgan fingerprint density at radius 3 is 2.67 bits per heavy atom. The lowest BCUT2D eigenvalue weighted by molar-refractivity contribution is -0.119. The molecule has 0 heterocycles. The lowest BCUT2D eigenvalue weighted by atomic mass is 10.2. The molecule has 1 aliphatic rings. The number of hydrogen-bond donors (Lipinski definition) is 1. The number of unbranched alkanes of at least 4 members (excludes halogenated alkanes) is 1. The van der Waals surface area contributed by atoms with Gasteiger partial charge in [0, 0.05) is 12.5 Å². The molecule has 1 aliphatic carbocycles. The molecule has 0 aromatic carbocycles. The minimum absolute atomic E-state index is 0.265. The van der Waals surface area contributed by atoms with E-state index in [1.807, 2.05) is 0 Å². The summed E-state index contributed by atoms with van der Waals surface area (Å²) in [6, 6.07) is 2.63. The number of amides is 1. The maximum Gasteiger partial charge on any atom is 0.231 e. The number of hydrogen-bond acceptors (Lipinski definition) is 3. The van der Waals surface area contributed by atoms with Crippen LogP contribution in [0.1, 0.15) is 38.5 Å². The number of nitrogens with zero attached hydrogens (tertiary/aromatic N) is 2. The fraction of sp³-hybridized carbons (Fsp3) is 0.818. The lowest BCUT2D eigenvalue weighted by Crippen LogP contribution is -2.40. The van der Waals surface area contributed by atoms with Gasteiger partial charge in [-0.2, -0.15) is 5.26 Å². The van der Waals surface area contributed by atoms with Crippen molar-refractivity contribution in [3.05, 3.63) is 0 Å². The van der Waals surface area contributed by atoms with Crippen LogP contribution in [-0.4, -0.2) is 29.9 Å². The smallest absolute Gasteiger partial charge is 0.231 e. The molecule has 4 heteroatoms. The fourth-order valence-corrected chi connectivity index (χ4v) is 2.22. The number of carbonyl (C=O) groups is 1. The summed E-state index contributed by atoms with van der Waals surface area (Å²) in [5.41, 5.74) is 5.22. The summed E-state index contributed by atoms with van der Waals surface area (Å²) in [7, 11) is 0. The molecule has 1 saturated carbocycles. The normalized spacial score (nSPS) is 16.8. The van der Waals surface area contributed by atoms with Crippen LogP contribution in [-0.2, 0) is 4.79 Å². The van der Waals surface area contributed by atoms with Crippen molar-refractivity contribution in [2.24, 2.45) is 5.73 Å². The molecule has 1 fully saturated rings. The maximum atomic E-state index is 10.9. The SMILES string of the molecule is N#CCCCN(CC(N)=O)C1CCCC1. The van der Waals surface area contributed by atoms with Crippen LogP contribution in [0.25, 0.3) is 0 Å². The molecular weight excluding hydrogens is 190 g/mol. The van der Waals surface area contributed by atoms with Gasteiger partial charge in [-0.3, -0.25) is 9.69 Å². The Balaban J connectivity index is 2.37. The minimum atomic E-state index is -0.265. The van der Waals surface area contributed by atoms with Crippen LogP contribution in [0.2, 0.25) is 0 Å². The van der Waals surface area contributed by atoms with Gasteiger partial charge >= 0.3 is 0 Å². The third kappa shape index (κ3) is 4.30. The van der Waals surface area contributed by atoms with Crippen LogP contribution in [0, 0.1) is 11.3 Å². The average Bonchev–Trinajstić information content (AvgIpc) is 2.68. The van der Waals surface area contributed by atoms with E-state index in [1.165, 1.54) is 25.7 Å². The van der Waals surface area contributed by atoms with Gasteiger partial charge in [0.2, 0.25) is 5.91 Å². The highest BCUT2D eigenvalue weighted by Crippen LogP contribution is 2.23. The van der Waals surface area contributed by atoms with Gasteiger partial charge in [0.1, 0.15) is 0 Å². The van der Waals surface area contributed by atoms with Gasteiger partial charge in [-0.05, 0) is 25.8 Å². The van der Waals surface area contributed by atoms with E-state index in [4.69, 9.17) is 11.0 Å². The van der Waals surface area contributed by atoms with Crippen LogP contribution in [0.5, 0.6) is 0 Å². The van der Waals surface area contributed by atoms with Gasteiger partial charge in [-0.1, -0.05) is 12.8 Å². The largest absolute Gasteiger partial charge is 0.369 e. The van der Waals surface area contributed by atoms with Crippen molar-refractivity contribution in [3.63, 3.8) is 0 Å². The summed E-state index contributed by atoms with van der Waals surface area (Å²) in [6.07, 6.45) is 6.22. The average molecular weight is 209 g/mol. The molecule has 15 heavy (non-hydrogen) atoms. The Morgan fingerprint density at radius 2 is 2.13 bits per heavy atom. The van der Waals surface area contributed by atoms with Gasteiger partial charge < -0.3 is 5.73 Å². The van der Waals surface area contributed by atoms with Crippen molar-refractivity contribution in [2.75, 3.05) is 13.1 Å². The molecular formula is C11H19N3O. The Bertz CT molecular complexity index is 241. The van der Waals surface area contributed by atoms with Crippen LogP contribution in [0.15, 0.2) is 0 Å². The van der Waals surface area contributed by atoms with E-state index in [9.17, 15) is 4.79 Å². The Kier molecular flexibility index (Phi) is 5.13. The van der Waals surface area contributed by atoms with Gasteiger partial charge in [0.15, 0.2) is 0 Å². The Labute approximate surface area is 91.0 Å². The number of rotatable bonds is 6. The van der Waals surface area contributed by atoms with Gasteiger partial charge in [0.05, 0.1) is 12.6 Å². The van der Waals surface area contributed by atoms with Crippen molar-refractivity contribution in [1.29, 1.82) is 5.26 Å². The van der Waals surface area contributed by atoms with Crippen LogP contribution >= 0.6 is 0 Å². The van der Waals surface area contributed by atoms with E-state index in [0.717, 1.165) is 13.0 Å². The number of nitrogens with two attached hydrogens (primary N) is 1. The number of primary amides is 1. The minimum Gasteiger partial charge on any atom is -0.369 e. The predicted molar refractivity (Wildman–Crippen MR) is 57.9 cm³/mol. The molecule has 0 spiro atoms. The number of carbonyl (C=O) groups excluding carboxylic acids is 1. The molecule has 1 amide bonds. The third-order valence-electron chi connectivity index (χ3n) is 2.93. The predicted octanol–water partition coefficient (Wildman–Crippen LogP) is 1.02. The topological polar surface area (TPSA) is 70.1 Å². The zero-order valence-corrected chi connectivity index (χ0v) is 9.11. The highest BCUT2D eigenvalue weighted by Gasteiger charge is 2.22. The zero-order valence-electron chi connectivity index (χ0n) is 9.11. The van der Waals surface area contributed by atoms with Crippen molar-refractivity contribution < 1.29 is 4.79 Å². The first-order valence-electron chi connectivity index (χ1n) is 5.63. The molecule has 0 aromatic heterocycles. The third-order valence-corrected chi connectivity index (χ3v) is 2.93. The maximum absolute atomic E-state index is 10.9. The van der Waals surface area contributed by atoms with E-state index in [2.05, 4.69) is 11.0 Å². The van der Waals surface area contributed by atoms with Crippen molar-refractivity contribution in [2.45, 2.75) is 44.6 Å². The van der Waals surface area contributed by atoms with E-state index >= 15 is 0 Å². The highest BCUT2D eigenvalue weighted by molar-refractivity contribution is 5.75. The zero-order chi connectivity index (χ0) is 11.1. The second kappa shape index (κ2) is 6.41. The van der Waals surface area contributed by atoms with Crippen LogP contribution < -0.4 is 5.73 Å². The molecule has 1 rings (SSSR count). The van der Waals surface area contributed by atoms with Gasteiger partial charge in [0.25, 0.3) is 0 Å². The Morgan fingerprint density at radius 1 is 1.47 bits per heavy atom. The van der Waals surface area contributed by atoms with Crippen LogP contribution in [0.3, 0.4) is 0 Å². The van der Waals surface area contributed by atoms with E-state index < -0.39 is 0 Å². The molecule has 0 aliphatic heterocycles. The fourth-order valence-electron chi connectivity index (χ4n) is 2.22. The standard InChI is InChI=1S/C11H19N3O/c12-7-3-4-8-14(9-11(13)15)10-5-1-2-6-10/h10H,1-6,8-9H2,(H2,13,15). The summed E-state index contributed by atoms with van der Waals surface area (Å²) < 4.78 is 0. The van der Waals surface area contributed by atoms with E-state index in [0.29, 0.717) is 19.0 Å². The molecule has 0 aromatic rings. The molecule has 0 atom stereocenters. The molecule has 0 unspecified atom stereocenters. The quantitative estimate of drug-likeness (QED) is 0.664. The molecule has 0 saturated heterocycles. The first kappa shape index (κ1) is 12.0. The molecule has 2 N–H and O–H groups in total. The van der Waals surface area contributed by atoms with Gasteiger partial charge in [-0.15, -0.1) is 0 Å². The summed E-state index contributed by atoms with van der Waals surface area (Å²) in [4.78, 5) is 13.1. The van der Waals surface area contributed by atoms with Crippen molar-refractivity contribution in [3.8, 4) is 6.07 Å². The monoisotopic (exact) mass is 209 g/mol. The molecule has 4 nitrogen and oxygen atoms in total. The summed E-state index contributed by atoms with van der Waals surface area (Å²) in [5.74, 6) is -0.265. The summed E-state index contributed by atoms with van der Waals surface area (Å²) in [6.45, 7) is 1.16. The van der Waals surface area contributed by atoms with Gasteiger partial charge in [-0.25, -0.2) is 0 Å². The molecule has 84 valence electrons. The number of nitriles is 1. The molecule has 0 bridgehead atoms. The first-order chi connectivity index (χ1) is 7.24. The first-order valence-corrected chi connectivity index (χ1v) is 5.63. The lowest BCUT2D eigenvalue weighted by Gasteiger charge is -2.27.